The number of halogens is 1. The van der Waals surface area contributed by atoms with Crippen molar-refractivity contribution in [1.29, 1.82) is 0 Å². The van der Waals surface area contributed by atoms with Crippen molar-refractivity contribution in [3.8, 4) is 11.5 Å². The van der Waals surface area contributed by atoms with Crippen molar-refractivity contribution in [3.63, 3.8) is 0 Å². The summed E-state index contributed by atoms with van der Waals surface area (Å²) in [5.74, 6) is 0.792. The summed E-state index contributed by atoms with van der Waals surface area (Å²) in [5, 5.41) is 15.1. The molecule has 156 valence electrons. The van der Waals surface area contributed by atoms with E-state index in [0.717, 1.165) is 11.3 Å². The van der Waals surface area contributed by atoms with Gasteiger partial charge < -0.3 is 15.1 Å². The third-order valence-electron chi connectivity index (χ3n) is 4.74. The molecule has 4 aromatic rings. The Morgan fingerprint density at radius 3 is 2.23 bits per heavy atom. The fraction of sp³-hybridized carbons (Fsp3) is 0.125. The molecule has 0 aliphatic heterocycles. The van der Waals surface area contributed by atoms with E-state index < -0.39 is 0 Å². The van der Waals surface area contributed by atoms with Gasteiger partial charge in [-0.2, -0.15) is 0 Å². The van der Waals surface area contributed by atoms with Crippen LogP contribution in [-0.2, 0) is 0 Å². The Hall–Kier alpha value is -3.64. The van der Waals surface area contributed by atoms with E-state index in [4.69, 9.17) is 16.0 Å². The topological polar surface area (TPSA) is 80.0 Å². The second kappa shape index (κ2) is 9.02. The van der Waals surface area contributed by atoms with Crippen LogP contribution in [0.5, 0.6) is 0 Å². The molecule has 0 bridgehead atoms. The number of nitrogens with one attached hydrogen (secondary N) is 2. The molecule has 6 nitrogen and oxygen atoms in total. The number of anilines is 2. The van der Waals surface area contributed by atoms with Crippen LogP contribution in [0.4, 0.5) is 11.4 Å². The number of amides is 1. The first-order valence-electron chi connectivity index (χ1n) is 9.82. The number of hydrogen-bond donors (Lipinski definition) is 2. The number of carbonyl (C=O) groups is 1. The maximum absolute atomic E-state index is 12.3. The average Bonchev–Trinajstić information content (AvgIpc) is 3.26. The smallest absolute Gasteiger partial charge is 0.255 e. The second-order valence-electron chi connectivity index (χ2n) is 7.22. The molecule has 31 heavy (non-hydrogen) atoms. The summed E-state index contributed by atoms with van der Waals surface area (Å²) in [6.45, 7) is 3.98. The largest absolute Gasteiger partial charge is 0.418 e. The van der Waals surface area contributed by atoms with Gasteiger partial charge in [-0.3, -0.25) is 4.79 Å². The highest BCUT2D eigenvalue weighted by molar-refractivity contribution is 6.30. The predicted octanol–water partition coefficient (Wildman–Crippen LogP) is 6.12. The Bertz CT molecular complexity index is 1170. The molecule has 2 N–H and O–H groups in total. The summed E-state index contributed by atoms with van der Waals surface area (Å²) >= 11 is 5.86. The normalized spacial score (nSPS) is 11.7. The lowest BCUT2D eigenvalue weighted by Crippen LogP contribution is -2.12. The standard InChI is InChI=1S/C24H21ClN4O2/c1-15-3-5-18(6-4-15)24-29-28-23(31-24)16(2)26-20-11-13-21(14-12-20)27-22(30)17-7-9-19(25)10-8-17/h3-14,16,26H,1-2H3,(H,27,30). The molecule has 3 aromatic carbocycles. The quantitative estimate of drug-likeness (QED) is 0.383. The van der Waals surface area contributed by atoms with Crippen LogP contribution in [-0.4, -0.2) is 16.1 Å². The molecule has 1 atom stereocenters. The molecule has 0 aliphatic carbocycles. The van der Waals surface area contributed by atoms with Gasteiger partial charge in [-0.25, -0.2) is 0 Å². The van der Waals surface area contributed by atoms with Crippen LogP contribution in [0.1, 0.15) is 34.8 Å². The van der Waals surface area contributed by atoms with Crippen molar-refractivity contribution in [2.45, 2.75) is 19.9 Å². The summed E-state index contributed by atoms with van der Waals surface area (Å²) < 4.78 is 5.83. The van der Waals surface area contributed by atoms with Crippen LogP contribution < -0.4 is 10.6 Å². The van der Waals surface area contributed by atoms with E-state index in [1.165, 1.54) is 5.56 Å². The van der Waals surface area contributed by atoms with E-state index in [1.54, 1.807) is 24.3 Å². The summed E-state index contributed by atoms with van der Waals surface area (Å²) in [5.41, 5.74) is 4.16. The SMILES string of the molecule is Cc1ccc(-c2nnc(C(C)Nc3ccc(NC(=O)c4ccc(Cl)cc4)cc3)o2)cc1. The number of carbonyl (C=O) groups excluding carboxylic acids is 1. The minimum atomic E-state index is -0.194. The van der Waals surface area contributed by atoms with Gasteiger partial charge in [0.2, 0.25) is 11.8 Å². The molecule has 4 rings (SSSR count). The summed E-state index contributed by atoms with van der Waals surface area (Å²) in [4.78, 5) is 12.3. The van der Waals surface area contributed by atoms with Crippen molar-refractivity contribution in [3.05, 3.63) is 94.8 Å². The minimum absolute atomic E-state index is 0.179. The first kappa shape index (κ1) is 20.6. The summed E-state index contributed by atoms with van der Waals surface area (Å²) in [7, 11) is 0. The molecular weight excluding hydrogens is 412 g/mol. The number of benzene rings is 3. The number of aromatic nitrogens is 2. The van der Waals surface area contributed by atoms with Crippen LogP contribution in [0.3, 0.4) is 0 Å². The molecule has 0 fully saturated rings. The van der Waals surface area contributed by atoms with E-state index >= 15 is 0 Å². The maximum Gasteiger partial charge on any atom is 0.255 e. The highest BCUT2D eigenvalue weighted by Gasteiger charge is 2.15. The van der Waals surface area contributed by atoms with Crippen LogP contribution >= 0.6 is 11.6 Å². The lowest BCUT2D eigenvalue weighted by Gasteiger charge is -2.12. The fourth-order valence-electron chi connectivity index (χ4n) is 2.99. The monoisotopic (exact) mass is 432 g/mol. The van der Waals surface area contributed by atoms with Gasteiger partial charge in [-0.05, 0) is 74.5 Å². The van der Waals surface area contributed by atoms with Crippen molar-refractivity contribution < 1.29 is 9.21 Å². The Kier molecular flexibility index (Phi) is 6.00. The number of rotatable bonds is 6. The molecule has 1 heterocycles. The molecule has 0 aliphatic rings. The van der Waals surface area contributed by atoms with Crippen LogP contribution in [0, 0.1) is 6.92 Å². The number of aryl methyl sites for hydroxylation is 1. The number of hydrogen-bond acceptors (Lipinski definition) is 5. The van der Waals surface area contributed by atoms with Gasteiger partial charge in [-0.15, -0.1) is 10.2 Å². The van der Waals surface area contributed by atoms with E-state index in [9.17, 15) is 4.79 Å². The fourth-order valence-corrected chi connectivity index (χ4v) is 3.11. The summed E-state index contributed by atoms with van der Waals surface area (Å²) in [6, 6.07) is 21.9. The highest BCUT2D eigenvalue weighted by atomic mass is 35.5. The average molecular weight is 433 g/mol. The van der Waals surface area contributed by atoms with Gasteiger partial charge in [0.15, 0.2) is 0 Å². The zero-order chi connectivity index (χ0) is 21.8. The van der Waals surface area contributed by atoms with Gasteiger partial charge in [0.1, 0.15) is 6.04 Å². The summed E-state index contributed by atoms with van der Waals surface area (Å²) in [6.07, 6.45) is 0. The minimum Gasteiger partial charge on any atom is -0.418 e. The van der Waals surface area contributed by atoms with Gasteiger partial charge in [0.25, 0.3) is 5.91 Å². The van der Waals surface area contributed by atoms with E-state index in [1.807, 2.05) is 62.4 Å². The van der Waals surface area contributed by atoms with Gasteiger partial charge in [-0.1, -0.05) is 29.3 Å². The third kappa shape index (κ3) is 5.10. The van der Waals surface area contributed by atoms with Crippen molar-refractivity contribution in [1.82, 2.24) is 10.2 Å². The lowest BCUT2D eigenvalue weighted by atomic mass is 10.1. The van der Waals surface area contributed by atoms with Crippen molar-refractivity contribution in [2.75, 3.05) is 10.6 Å². The highest BCUT2D eigenvalue weighted by Crippen LogP contribution is 2.24. The Morgan fingerprint density at radius 1 is 0.903 bits per heavy atom. The van der Waals surface area contributed by atoms with E-state index in [2.05, 4.69) is 20.8 Å². The Balaban J connectivity index is 1.38. The Morgan fingerprint density at radius 2 is 1.55 bits per heavy atom. The maximum atomic E-state index is 12.3. The molecule has 0 radical (unpaired) electrons. The van der Waals surface area contributed by atoms with Gasteiger partial charge in [0.05, 0.1) is 0 Å². The van der Waals surface area contributed by atoms with Crippen LogP contribution in [0.25, 0.3) is 11.5 Å². The lowest BCUT2D eigenvalue weighted by molar-refractivity contribution is 0.102. The van der Waals surface area contributed by atoms with Crippen LogP contribution in [0.15, 0.2) is 77.2 Å². The molecule has 0 saturated heterocycles. The van der Waals surface area contributed by atoms with Crippen molar-refractivity contribution >= 4 is 28.9 Å². The molecule has 1 aromatic heterocycles. The zero-order valence-electron chi connectivity index (χ0n) is 17.1. The van der Waals surface area contributed by atoms with Crippen LogP contribution in [0.2, 0.25) is 5.02 Å². The van der Waals surface area contributed by atoms with Gasteiger partial charge in [0, 0.05) is 27.5 Å². The molecule has 0 spiro atoms. The third-order valence-corrected chi connectivity index (χ3v) is 4.99. The van der Waals surface area contributed by atoms with E-state index in [0.29, 0.717) is 28.1 Å². The Labute approximate surface area is 185 Å². The predicted molar refractivity (Wildman–Crippen MR) is 122 cm³/mol. The molecule has 1 amide bonds. The second-order valence-corrected chi connectivity index (χ2v) is 7.65. The van der Waals surface area contributed by atoms with E-state index in [-0.39, 0.29) is 11.9 Å². The van der Waals surface area contributed by atoms with Gasteiger partial charge >= 0.3 is 0 Å². The zero-order valence-corrected chi connectivity index (χ0v) is 17.9. The molecule has 0 saturated carbocycles. The van der Waals surface area contributed by atoms with Crippen molar-refractivity contribution in [2.24, 2.45) is 0 Å². The first-order chi connectivity index (χ1) is 15.0. The molecule has 1 unspecified atom stereocenters. The molecular formula is C24H21ClN4O2. The first-order valence-corrected chi connectivity index (χ1v) is 10.2. The molecule has 7 heteroatoms. The number of nitrogens with zero attached hydrogens (tertiary/aromatic N) is 2.